The number of rotatable bonds is 4. The Morgan fingerprint density at radius 1 is 1.43 bits per heavy atom. The maximum atomic E-state index is 11.3. The predicted octanol–water partition coefficient (Wildman–Crippen LogP) is 0.881. The Morgan fingerprint density at radius 3 is 2.71 bits per heavy atom. The summed E-state index contributed by atoms with van der Waals surface area (Å²) in [5.41, 5.74) is -0.159. The molecular weight excluding hydrogens is 292 g/mol. The molecule has 21 heavy (non-hydrogen) atoms. The summed E-state index contributed by atoms with van der Waals surface area (Å²) in [6.45, 7) is 8.25. The van der Waals surface area contributed by atoms with Crippen LogP contribution in [0.4, 0.5) is 0 Å². The second-order valence-electron chi connectivity index (χ2n) is 6.73. The highest BCUT2D eigenvalue weighted by Crippen LogP contribution is 2.20. The standard InChI is InChI=1S/C13H24N4O3S/c1-13(2,3)12-14-11(15-20-12)9-17-7-5-6-10(8-17)16-21(4,18)19/h10,16H,5-9H2,1-4H3/t10-/m1/s1. The molecule has 0 aliphatic carbocycles. The van der Waals surface area contributed by atoms with Crippen molar-refractivity contribution in [3.63, 3.8) is 0 Å². The molecule has 1 aromatic heterocycles. The molecule has 0 unspecified atom stereocenters. The predicted molar refractivity (Wildman–Crippen MR) is 79.3 cm³/mol. The Kier molecular flexibility index (Phi) is 4.69. The zero-order valence-corrected chi connectivity index (χ0v) is 13.9. The second-order valence-corrected chi connectivity index (χ2v) is 8.51. The highest BCUT2D eigenvalue weighted by molar-refractivity contribution is 7.88. The number of hydrogen-bond acceptors (Lipinski definition) is 6. The Morgan fingerprint density at radius 2 is 2.14 bits per heavy atom. The van der Waals surface area contributed by atoms with E-state index in [-0.39, 0.29) is 11.5 Å². The summed E-state index contributed by atoms with van der Waals surface area (Å²) in [6, 6.07) is -0.0391. The lowest BCUT2D eigenvalue weighted by molar-refractivity contribution is 0.188. The number of nitrogens with zero attached hydrogens (tertiary/aromatic N) is 3. The van der Waals surface area contributed by atoms with Crippen LogP contribution >= 0.6 is 0 Å². The van der Waals surface area contributed by atoms with Crippen molar-refractivity contribution in [2.24, 2.45) is 0 Å². The van der Waals surface area contributed by atoms with Crippen LogP contribution in [0.3, 0.4) is 0 Å². The van der Waals surface area contributed by atoms with Crippen molar-refractivity contribution < 1.29 is 12.9 Å². The van der Waals surface area contributed by atoms with Crippen LogP contribution in [0.25, 0.3) is 0 Å². The number of hydrogen-bond donors (Lipinski definition) is 1. The molecule has 0 aromatic carbocycles. The van der Waals surface area contributed by atoms with Gasteiger partial charge in [-0.05, 0) is 19.4 Å². The van der Waals surface area contributed by atoms with Crippen molar-refractivity contribution in [3.05, 3.63) is 11.7 Å². The first kappa shape index (κ1) is 16.4. The Bertz CT molecular complexity index is 576. The molecule has 1 N–H and O–H groups in total. The van der Waals surface area contributed by atoms with Gasteiger partial charge in [0, 0.05) is 18.0 Å². The smallest absolute Gasteiger partial charge is 0.232 e. The number of nitrogens with one attached hydrogen (secondary N) is 1. The van der Waals surface area contributed by atoms with Gasteiger partial charge in [-0.15, -0.1) is 0 Å². The molecule has 120 valence electrons. The molecule has 0 amide bonds. The lowest BCUT2D eigenvalue weighted by atomic mass is 9.97. The van der Waals surface area contributed by atoms with Gasteiger partial charge < -0.3 is 4.52 Å². The summed E-state index contributed by atoms with van der Waals surface area (Å²) in [5.74, 6) is 1.28. The first-order chi connectivity index (χ1) is 9.63. The fraction of sp³-hybridized carbons (Fsp3) is 0.846. The minimum absolute atomic E-state index is 0.0391. The molecule has 0 spiro atoms. The molecule has 8 heteroatoms. The molecule has 7 nitrogen and oxygen atoms in total. The van der Waals surface area contributed by atoms with Gasteiger partial charge in [0.1, 0.15) is 0 Å². The molecule has 2 heterocycles. The molecule has 1 aliphatic rings. The van der Waals surface area contributed by atoms with Crippen molar-refractivity contribution in [1.29, 1.82) is 0 Å². The van der Waals surface area contributed by atoms with E-state index in [1.54, 1.807) is 0 Å². The molecule has 1 saturated heterocycles. The summed E-state index contributed by atoms with van der Waals surface area (Å²) in [7, 11) is -3.16. The van der Waals surface area contributed by atoms with Crippen molar-refractivity contribution in [3.8, 4) is 0 Å². The van der Waals surface area contributed by atoms with Crippen LogP contribution < -0.4 is 4.72 Å². The molecule has 1 fully saturated rings. The highest BCUT2D eigenvalue weighted by Gasteiger charge is 2.25. The van der Waals surface area contributed by atoms with E-state index < -0.39 is 10.0 Å². The van der Waals surface area contributed by atoms with Gasteiger partial charge >= 0.3 is 0 Å². The normalized spacial score (nSPS) is 21.6. The van der Waals surface area contributed by atoms with Gasteiger partial charge in [0.05, 0.1) is 12.8 Å². The van der Waals surface area contributed by atoms with E-state index in [1.165, 1.54) is 6.26 Å². The van der Waals surface area contributed by atoms with Gasteiger partial charge in [0.2, 0.25) is 15.9 Å². The summed E-state index contributed by atoms with van der Waals surface area (Å²) in [4.78, 5) is 6.57. The molecule has 2 rings (SSSR count). The van der Waals surface area contributed by atoms with Crippen molar-refractivity contribution in [1.82, 2.24) is 19.8 Å². The molecular formula is C13H24N4O3S. The molecule has 1 atom stereocenters. The maximum Gasteiger partial charge on any atom is 0.232 e. The van der Waals surface area contributed by atoms with Gasteiger partial charge in [-0.2, -0.15) is 4.98 Å². The number of piperidine rings is 1. The van der Waals surface area contributed by atoms with Crippen LogP contribution in [-0.4, -0.2) is 48.8 Å². The average Bonchev–Trinajstić information content (AvgIpc) is 2.75. The highest BCUT2D eigenvalue weighted by atomic mass is 32.2. The van der Waals surface area contributed by atoms with E-state index in [1.807, 2.05) is 20.8 Å². The van der Waals surface area contributed by atoms with Crippen LogP contribution in [0.2, 0.25) is 0 Å². The fourth-order valence-corrected chi connectivity index (χ4v) is 3.22. The van der Waals surface area contributed by atoms with Gasteiger partial charge in [-0.25, -0.2) is 13.1 Å². The zero-order valence-electron chi connectivity index (χ0n) is 13.1. The molecule has 0 bridgehead atoms. The van der Waals surface area contributed by atoms with Gasteiger partial charge in [-0.3, -0.25) is 4.90 Å². The molecule has 0 saturated carbocycles. The topological polar surface area (TPSA) is 88.3 Å². The molecule has 1 aliphatic heterocycles. The van der Waals surface area contributed by atoms with E-state index >= 15 is 0 Å². The minimum atomic E-state index is -3.16. The summed E-state index contributed by atoms with van der Waals surface area (Å²) < 4.78 is 30.6. The average molecular weight is 316 g/mol. The first-order valence-electron chi connectivity index (χ1n) is 7.16. The Balaban J connectivity index is 1.95. The van der Waals surface area contributed by atoms with Crippen molar-refractivity contribution in [2.45, 2.75) is 51.6 Å². The van der Waals surface area contributed by atoms with E-state index in [9.17, 15) is 8.42 Å². The van der Waals surface area contributed by atoms with E-state index in [0.717, 1.165) is 19.4 Å². The van der Waals surface area contributed by atoms with Crippen LogP contribution in [-0.2, 0) is 22.0 Å². The first-order valence-corrected chi connectivity index (χ1v) is 9.05. The number of likely N-dealkylation sites (tertiary alicyclic amines) is 1. The van der Waals surface area contributed by atoms with E-state index in [2.05, 4.69) is 19.8 Å². The van der Waals surface area contributed by atoms with E-state index in [0.29, 0.717) is 24.8 Å². The van der Waals surface area contributed by atoms with Gasteiger partial charge in [-0.1, -0.05) is 25.9 Å². The summed E-state index contributed by atoms with van der Waals surface area (Å²) in [5, 5.41) is 4.01. The second kappa shape index (κ2) is 6.02. The van der Waals surface area contributed by atoms with Crippen LogP contribution in [0.15, 0.2) is 4.52 Å². The van der Waals surface area contributed by atoms with Gasteiger partial charge in [0.25, 0.3) is 0 Å². The SMILES string of the molecule is CC(C)(C)c1nc(CN2CCC[C@@H](NS(C)(=O)=O)C2)no1. The quantitative estimate of drug-likeness (QED) is 0.887. The van der Waals surface area contributed by atoms with Crippen LogP contribution in [0.1, 0.15) is 45.3 Å². The Labute approximate surface area is 126 Å². The van der Waals surface area contributed by atoms with Crippen LogP contribution in [0, 0.1) is 0 Å². The van der Waals surface area contributed by atoms with Crippen molar-refractivity contribution in [2.75, 3.05) is 19.3 Å². The van der Waals surface area contributed by atoms with E-state index in [4.69, 9.17) is 4.52 Å². The lowest BCUT2D eigenvalue weighted by Crippen LogP contribution is -2.47. The monoisotopic (exact) mass is 316 g/mol. The van der Waals surface area contributed by atoms with Crippen LogP contribution in [0.5, 0.6) is 0 Å². The number of sulfonamides is 1. The molecule has 1 aromatic rings. The largest absolute Gasteiger partial charge is 0.339 e. The maximum absolute atomic E-state index is 11.3. The van der Waals surface area contributed by atoms with Gasteiger partial charge in [0.15, 0.2) is 5.82 Å². The fourth-order valence-electron chi connectivity index (χ4n) is 2.42. The summed E-state index contributed by atoms with van der Waals surface area (Å²) in [6.07, 6.45) is 3.01. The molecule has 0 radical (unpaired) electrons. The number of aromatic nitrogens is 2. The third-order valence-electron chi connectivity index (χ3n) is 3.36. The van der Waals surface area contributed by atoms with Crippen molar-refractivity contribution >= 4 is 10.0 Å². The lowest BCUT2D eigenvalue weighted by Gasteiger charge is -2.31. The Hall–Kier alpha value is -0.990. The zero-order chi connectivity index (χ0) is 15.7. The third-order valence-corrected chi connectivity index (χ3v) is 4.12. The third kappa shape index (κ3) is 5.05. The summed E-state index contributed by atoms with van der Waals surface area (Å²) >= 11 is 0. The minimum Gasteiger partial charge on any atom is -0.339 e.